The van der Waals surface area contributed by atoms with Crippen molar-refractivity contribution in [2.24, 2.45) is 5.84 Å². The van der Waals surface area contributed by atoms with Crippen molar-refractivity contribution in [3.8, 4) is 0 Å². The molecule has 0 saturated heterocycles. The molecule has 1 amide bonds. The molecule has 0 unspecified atom stereocenters. The monoisotopic (exact) mass is 246 g/mol. The van der Waals surface area contributed by atoms with Gasteiger partial charge in [-0.3, -0.25) is 10.2 Å². The van der Waals surface area contributed by atoms with E-state index in [1.807, 2.05) is 0 Å². The van der Waals surface area contributed by atoms with E-state index in [0.717, 1.165) is 5.56 Å². The van der Waals surface area contributed by atoms with Crippen LogP contribution in [0.3, 0.4) is 0 Å². The van der Waals surface area contributed by atoms with Gasteiger partial charge in [0.25, 0.3) is 0 Å². The van der Waals surface area contributed by atoms with Crippen LogP contribution in [0.4, 0.5) is 0 Å². The minimum absolute atomic E-state index is 0.277. The van der Waals surface area contributed by atoms with Crippen LogP contribution in [-0.4, -0.2) is 5.91 Å². The Bertz CT molecular complexity index is 391. The van der Waals surface area contributed by atoms with Crippen LogP contribution in [0.25, 0.3) is 0 Å². The number of hydrazine groups is 1. The molecule has 0 aliphatic rings. The van der Waals surface area contributed by atoms with E-state index in [0.29, 0.717) is 10.0 Å². The van der Waals surface area contributed by atoms with Crippen LogP contribution in [0.5, 0.6) is 0 Å². The first kappa shape index (κ1) is 12.3. The molecule has 82 valence electrons. The molecule has 1 aromatic carbocycles. The maximum Gasteiger partial charge on any atom is 0.243 e. The highest BCUT2D eigenvalue weighted by Crippen LogP contribution is 2.29. The molecule has 0 aromatic heterocycles. The van der Waals surface area contributed by atoms with Crippen molar-refractivity contribution >= 4 is 29.1 Å². The highest BCUT2D eigenvalue weighted by Gasteiger charge is 2.29. The summed E-state index contributed by atoms with van der Waals surface area (Å²) in [5, 5.41) is 0.886. The largest absolute Gasteiger partial charge is 0.294 e. The number of benzene rings is 1. The second-order valence-corrected chi connectivity index (χ2v) is 4.54. The highest BCUT2D eigenvalue weighted by molar-refractivity contribution is 6.42. The van der Waals surface area contributed by atoms with Crippen LogP contribution in [0.2, 0.25) is 10.0 Å². The van der Waals surface area contributed by atoms with E-state index in [4.69, 9.17) is 29.0 Å². The number of halogens is 2. The lowest BCUT2D eigenvalue weighted by Gasteiger charge is -2.23. The first-order valence-corrected chi connectivity index (χ1v) is 5.11. The molecule has 0 fully saturated rings. The normalized spacial score (nSPS) is 11.3. The fourth-order valence-corrected chi connectivity index (χ4v) is 1.49. The van der Waals surface area contributed by atoms with Crippen LogP contribution in [0, 0.1) is 0 Å². The molecule has 3 nitrogen and oxygen atoms in total. The molecule has 5 heteroatoms. The average Bonchev–Trinajstić information content (AvgIpc) is 2.20. The molecule has 3 N–H and O–H groups in total. The fourth-order valence-electron chi connectivity index (χ4n) is 1.20. The SMILES string of the molecule is CC(C)(C(=O)NN)c1ccc(Cl)c(Cl)c1. The molecule has 0 bridgehead atoms. The number of hydrogen-bond donors (Lipinski definition) is 2. The lowest BCUT2D eigenvalue weighted by molar-refractivity contribution is -0.125. The first-order chi connectivity index (χ1) is 6.89. The smallest absolute Gasteiger partial charge is 0.243 e. The van der Waals surface area contributed by atoms with E-state index in [1.165, 1.54) is 0 Å². The van der Waals surface area contributed by atoms with Crippen LogP contribution < -0.4 is 11.3 Å². The van der Waals surface area contributed by atoms with Gasteiger partial charge in [0.1, 0.15) is 0 Å². The highest BCUT2D eigenvalue weighted by atomic mass is 35.5. The van der Waals surface area contributed by atoms with E-state index in [-0.39, 0.29) is 5.91 Å². The molecule has 0 aliphatic carbocycles. The minimum Gasteiger partial charge on any atom is -0.294 e. The molecule has 0 spiro atoms. The molecular weight excluding hydrogens is 235 g/mol. The van der Waals surface area contributed by atoms with Crippen LogP contribution >= 0.6 is 23.2 Å². The topological polar surface area (TPSA) is 55.1 Å². The van der Waals surface area contributed by atoms with Gasteiger partial charge in [-0.25, -0.2) is 5.84 Å². The molecule has 0 radical (unpaired) electrons. The predicted octanol–water partition coefficient (Wildman–Crippen LogP) is 2.26. The Labute approximate surface area is 98.5 Å². The van der Waals surface area contributed by atoms with Crippen molar-refractivity contribution in [3.05, 3.63) is 33.8 Å². The van der Waals surface area contributed by atoms with Gasteiger partial charge < -0.3 is 0 Å². The second-order valence-electron chi connectivity index (χ2n) is 3.73. The Kier molecular flexibility index (Phi) is 3.60. The second kappa shape index (κ2) is 4.39. The maximum absolute atomic E-state index is 11.5. The van der Waals surface area contributed by atoms with Gasteiger partial charge in [-0.15, -0.1) is 0 Å². The number of carbonyl (C=O) groups is 1. The third-order valence-corrected chi connectivity index (χ3v) is 3.08. The van der Waals surface area contributed by atoms with Crippen molar-refractivity contribution < 1.29 is 4.79 Å². The number of nitrogens with one attached hydrogen (secondary N) is 1. The Morgan fingerprint density at radius 2 is 1.93 bits per heavy atom. The summed E-state index contributed by atoms with van der Waals surface area (Å²) in [7, 11) is 0. The Morgan fingerprint density at radius 1 is 1.33 bits per heavy atom. The summed E-state index contributed by atoms with van der Waals surface area (Å²) in [5.74, 6) is 4.83. The number of amides is 1. The third kappa shape index (κ3) is 2.43. The molecule has 15 heavy (non-hydrogen) atoms. The van der Waals surface area contributed by atoms with E-state index in [2.05, 4.69) is 5.43 Å². The van der Waals surface area contributed by atoms with Gasteiger partial charge in [-0.2, -0.15) is 0 Å². The zero-order valence-corrected chi connectivity index (χ0v) is 9.99. The zero-order chi connectivity index (χ0) is 11.6. The molecule has 1 rings (SSSR count). The standard InChI is InChI=1S/C10H12Cl2N2O/c1-10(2,9(15)14-13)6-3-4-7(11)8(12)5-6/h3-5H,13H2,1-2H3,(H,14,15). The molecule has 0 heterocycles. The van der Waals surface area contributed by atoms with Crippen molar-refractivity contribution in [3.63, 3.8) is 0 Å². The van der Waals surface area contributed by atoms with Crippen LogP contribution in [0.15, 0.2) is 18.2 Å². The Balaban J connectivity index is 3.16. The number of nitrogens with two attached hydrogens (primary N) is 1. The summed E-state index contributed by atoms with van der Waals surface area (Å²) in [4.78, 5) is 11.5. The number of rotatable bonds is 2. The first-order valence-electron chi connectivity index (χ1n) is 4.36. The van der Waals surface area contributed by atoms with E-state index in [9.17, 15) is 4.79 Å². The van der Waals surface area contributed by atoms with Crippen molar-refractivity contribution in [1.82, 2.24) is 5.43 Å². The van der Waals surface area contributed by atoms with Gasteiger partial charge >= 0.3 is 0 Å². The fraction of sp³-hybridized carbons (Fsp3) is 0.300. The van der Waals surface area contributed by atoms with Crippen molar-refractivity contribution in [1.29, 1.82) is 0 Å². The molecule has 0 saturated carbocycles. The number of carbonyl (C=O) groups excluding carboxylic acids is 1. The quantitative estimate of drug-likeness (QED) is 0.478. The molecule has 1 aromatic rings. The van der Waals surface area contributed by atoms with Crippen molar-refractivity contribution in [2.75, 3.05) is 0 Å². The predicted molar refractivity (Wildman–Crippen MR) is 61.8 cm³/mol. The van der Waals surface area contributed by atoms with Crippen LogP contribution in [-0.2, 0) is 10.2 Å². The summed E-state index contributed by atoms with van der Waals surface area (Å²) < 4.78 is 0. The summed E-state index contributed by atoms with van der Waals surface area (Å²) >= 11 is 11.7. The van der Waals surface area contributed by atoms with Crippen LogP contribution in [0.1, 0.15) is 19.4 Å². The molecule has 0 atom stereocenters. The summed E-state index contributed by atoms with van der Waals surface area (Å²) in [6.07, 6.45) is 0. The summed E-state index contributed by atoms with van der Waals surface area (Å²) in [6.45, 7) is 3.52. The van der Waals surface area contributed by atoms with Crippen molar-refractivity contribution in [2.45, 2.75) is 19.3 Å². The van der Waals surface area contributed by atoms with Gasteiger partial charge in [0.2, 0.25) is 5.91 Å². The van der Waals surface area contributed by atoms with Gasteiger partial charge in [-0.1, -0.05) is 29.3 Å². The minimum atomic E-state index is -0.733. The average molecular weight is 247 g/mol. The number of hydrogen-bond acceptors (Lipinski definition) is 2. The van der Waals surface area contributed by atoms with E-state index < -0.39 is 5.41 Å². The lowest BCUT2D eigenvalue weighted by atomic mass is 9.84. The third-order valence-electron chi connectivity index (χ3n) is 2.34. The van der Waals surface area contributed by atoms with Gasteiger partial charge in [-0.05, 0) is 31.5 Å². The maximum atomic E-state index is 11.5. The molecular formula is C10H12Cl2N2O. The Hall–Kier alpha value is -0.770. The summed E-state index contributed by atoms with van der Waals surface area (Å²) in [5.41, 5.74) is 2.15. The van der Waals surface area contributed by atoms with E-state index in [1.54, 1.807) is 32.0 Å². The zero-order valence-electron chi connectivity index (χ0n) is 8.47. The van der Waals surface area contributed by atoms with Gasteiger partial charge in [0.15, 0.2) is 0 Å². The Morgan fingerprint density at radius 3 is 2.40 bits per heavy atom. The van der Waals surface area contributed by atoms with Gasteiger partial charge in [0, 0.05) is 0 Å². The van der Waals surface area contributed by atoms with E-state index >= 15 is 0 Å². The van der Waals surface area contributed by atoms with Gasteiger partial charge in [0.05, 0.1) is 15.5 Å². The molecule has 0 aliphatic heterocycles. The lowest BCUT2D eigenvalue weighted by Crippen LogP contribution is -2.43. The summed E-state index contributed by atoms with van der Waals surface area (Å²) in [6, 6.07) is 5.08.